The Morgan fingerprint density at radius 1 is 1.00 bits per heavy atom. The zero-order valence-electron chi connectivity index (χ0n) is 17.1. The Morgan fingerprint density at radius 2 is 1.57 bits per heavy atom. The van der Waals surface area contributed by atoms with Gasteiger partial charge in [0.25, 0.3) is 0 Å². The highest BCUT2D eigenvalue weighted by Crippen LogP contribution is 2.46. The van der Waals surface area contributed by atoms with E-state index in [0.29, 0.717) is 6.10 Å². The summed E-state index contributed by atoms with van der Waals surface area (Å²) >= 11 is 1.90. The van der Waals surface area contributed by atoms with Crippen molar-refractivity contribution in [2.24, 2.45) is 4.99 Å². The molecule has 2 aromatic rings. The molecule has 1 saturated carbocycles. The van der Waals surface area contributed by atoms with E-state index in [0.717, 1.165) is 11.7 Å². The molecule has 0 unspecified atom stereocenters. The zero-order valence-corrected chi connectivity index (χ0v) is 18.7. The van der Waals surface area contributed by atoms with E-state index in [1.807, 2.05) is 18.7 Å². The molecular formula is C24H30NOS2+. The lowest BCUT2D eigenvalue weighted by atomic mass is 9.98. The molecule has 0 bridgehead atoms. The van der Waals surface area contributed by atoms with Gasteiger partial charge >= 0.3 is 0 Å². The van der Waals surface area contributed by atoms with Gasteiger partial charge in [-0.3, -0.25) is 0 Å². The normalized spacial score (nSPS) is 18.5. The van der Waals surface area contributed by atoms with E-state index in [4.69, 9.17) is 9.73 Å². The van der Waals surface area contributed by atoms with Crippen molar-refractivity contribution >= 4 is 28.6 Å². The predicted octanol–water partition coefficient (Wildman–Crippen LogP) is 6.73. The molecule has 0 saturated heterocycles. The van der Waals surface area contributed by atoms with Gasteiger partial charge < -0.3 is 4.74 Å². The number of nitrogens with zero attached hydrogens (tertiary/aromatic N) is 1. The zero-order chi connectivity index (χ0) is 19.6. The Bertz CT molecular complexity index is 810. The van der Waals surface area contributed by atoms with Gasteiger partial charge in [0.1, 0.15) is 17.4 Å². The minimum atomic E-state index is -0.163. The summed E-state index contributed by atoms with van der Waals surface area (Å²) in [5.41, 5.74) is -0.163. The van der Waals surface area contributed by atoms with Gasteiger partial charge in [0.2, 0.25) is 0 Å². The lowest BCUT2D eigenvalue weighted by Gasteiger charge is -2.27. The van der Waals surface area contributed by atoms with Crippen LogP contribution < -0.4 is 0 Å². The number of benzene rings is 2. The predicted molar refractivity (Wildman–Crippen MR) is 121 cm³/mol. The first-order valence-electron chi connectivity index (χ1n) is 10.3. The van der Waals surface area contributed by atoms with E-state index < -0.39 is 0 Å². The van der Waals surface area contributed by atoms with Crippen molar-refractivity contribution in [3.63, 3.8) is 0 Å². The Balaban J connectivity index is 1.56. The average Bonchev–Trinajstić information content (AvgIpc) is 2.68. The molecule has 0 spiro atoms. The number of hydrogen-bond acceptors (Lipinski definition) is 3. The molecule has 2 nitrogen and oxygen atoms in total. The van der Waals surface area contributed by atoms with E-state index in [9.17, 15) is 0 Å². The fraction of sp³-hybridized carbons (Fsp3) is 0.458. The molecule has 1 fully saturated rings. The quantitative estimate of drug-likeness (QED) is 0.315. The first kappa shape index (κ1) is 19.9. The number of fused-ring (bicyclic) bond motifs is 2. The van der Waals surface area contributed by atoms with Crippen LogP contribution in [0, 0.1) is 0 Å². The summed E-state index contributed by atoms with van der Waals surface area (Å²) in [5, 5.41) is 0. The van der Waals surface area contributed by atoms with Gasteiger partial charge in [0.05, 0.1) is 20.7 Å². The van der Waals surface area contributed by atoms with E-state index in [1.165, 1.54) is 51.7 Å². The van der Waals surface area contributed by atoms with E-state index in [2.05, 4.69) is 62.4 Å². The van der Waals surface area contributed by atoms with Crippen molar-refractivity contribution in [3.8, 4) is 0 Å². The third kappa shape index (κ3) is 4.60. The molecule has 148 valence electrons. The number of hydrogen-bond donors (Lipinski definition) is 0. The molecule has 1 aliphatic carbocycles. The van der Waals surface area contributed by atoms with Crippen LogP contribution in [-0.2, 0) is 15.6 Å². The monoisotopic (exact) mass is 412 g/mol. The molecule has 4 heteroatoms. The maximum absolute atomic E-state index is 6.20. The second-order valence-corrected chi connectivity index (χ2v) is 11.4. The maximum atomic E-state index is 6.20. The summed E-state index contributed by atoms with van der Waals surface area (Å²) in [6, 6.07) is 17.7. The summed E-state index contributed by atoms with van der Waals surface area (Å²) in [7, 11) is 0.0294. The van der Waals surface area contributed by atoms with E-state index >= 15 is 0 Å². The fourth-order valence-electron chi connectivity index (χ4n) is 4.13. The summed E-state index contributed by atoms with van der Waals surface area (Å²) in [6.07, 6.45) is 6.64. The molecule has 0 atom stereocenters. The number of aliphatic imine (C=N–C) groups is 1. The van der Waals surface area contributed by atoms with Gasteiger partial charge in [-0.15, -0.1) is 0 Å². The molecule has 2 aromatic carbocycles. The van der Waals surface area contributed by atoms with Crippen LogP contribution in [0.25, 0.3) is 0 Å². The van der Waals surface area contributed by atoms with Gasteiger partial charge in [-0.25, -0.2) is 4.99 Å². The maximum Gasteiger partial charge on any atom is 0.181 e. The molecular weight excluding hydrogens is 382 g/mol. The van der Waals surface area contributed by atoms with Crippen LogP contribution in [-0.4, -0.2) is 23.3 Å². The minimum absolute atomic E-state index is 0.0294. The third-order valence-corrected chi connectivity index (χ3v) is 9.48. The summed E-state index contributed by atoms with van der Waals surface area (Å²) in [4.78, 5) is 10.7. The highest BCUT2D eigenvalue weighted by Gasteiger charge is 2.40. The smallest absolute Gasteiger partial charge is 0.181 e. The highest BCUT2D eigenvalue weighted by molar-refractivity contribution is 8.04. The first-order chi connectivity index (χ1) is 13.5. The van der Waals surface area contributed by atoms with Crippen LogP contribution in [0.3, 0.4) is 0 Å². The molecule has 28 heavy (non-hydrogen) atoms. The van der Waals surface area contributed by atoms with Crippen molar-refractivity contribution in [3.05, 3.63) is 48.5 Å². The SMILES string of the molecule is CC(=NC(C)(C)C[S+]1c2ccccc2Sc2ccccc21)OC1CCCCC1. The second-order valence-electron chi connectivity index (χ2n) is 8.35. The molecule has 0 amide bonds. The molecule has 0 aromatic heterocycles. The van der Waals surface area contributed by atoms with Crippen LogP contribution in [0.5, 0.6) is 0 Å². The lowest BCUT2D eigenvalue weighted by molar-refractivity contribution is 0.140. The van der Waals surface area contributed by atoms with Gasteiger partial charge in [-0.2, -0.15) is 0 Å². The van der Waals surface area contributed by atoms with Crippen molar-refractivity contribution in [2.75, 3.05) is 5.75 Å². The third-order valence-electron chi connectivity index (χ3n) is 5.30. The van der Waals surface area contributed by atoms with Gasteiger partial charge in [0.15, 0.2) is 15.7 Å². The minimum Gasteiger partial charge on any atom is -0.478 e. The van der Waals surface area contributed by atoms with Crippen LogP contribution in [0.1, 0.15) is 52.9 Å². The standard InChI is InChI=1S/C24H30NOS2/c1-18(26-19-11-5-4-6-12-19)25-24(2,3)17-28-22-15-9-7-13-20(22)27-21-14-8-10-16-23(21)28/h7-10,13-16,19H,4-6,11-12,17H2,1-3H3/q+1. The molecule has 0 radical (unpaired) electrons. The molecule has 1 heterocycles. The number of rotatable bonds is 4. The van der Waals surface area contributed by atoms with E-state index in [-0.39, 0.29) is 16.4 Å². The number of ether oxygens (including phenoxy) is 1. The van der Waals surface area contributed by atoms with Crippen LogP contribution in [0.15, 0.2) is 73.1 Å². The average molecular weight is 413 g/mol. The second kappa shape index (κ2) is 8.54. The van der Waals surface area contributed by atoms with E-state index in [1.54, 1.807) is 0 Å². The van der Waals surface area contributed by atoms with Crippen LogP contribution in [0.4, 0.5) is 0 Å². The molecule has 1 aliphatic heterocycles. The summed E-state index contributed by atoms with van der Waals surface area (Å²) in [5.74, 6) is 1.86. The molecule has 4 rings (SSSR count). The summed E-state index contributed by atoms with van der Waals surface area (Å²) < 4.78 is 6.20. The largest absolute Gasteiger partial charge is 0.478 e. The Kier molecular flexibility index (Phi) is 6.07. The fourth-order valence-corrected chi connectivity index (χ4v) is 8.28. The lowest BCUT2D eigenvalue weighted by Crippen LogP contribution is -2.32. The summed E-state index contributed by atoms with van der Waals surface area (Å²) in [6.45, 7) is 6.54. The topological polar surface area (TPSA) is 21.6 Å². The van der Waals surface area contributed by atoms with Crippen molar-refractivity contribution < 1.29 is 4.74 Å². The van der Waals surface area contributed by atoms with Crippen LogP contribution in [0.2, 0.25) is 0 Å². The van der Waals surface area contributed by atoms with Gasteiger partial charge in [0, 0.05) is 6.92 Å². The van der Waals surface area contributed by atoms with Crippen LogP contribution >= 0.6 is 11.8 Å². The molecule has 2 aliphatic rings. The first-order valence-corrected chi connectivity index (χ1v) is 12.5. The van der Waals surface area contributed by atoms with Crippen molar-refractivity contribution in [1.82, 2.24) is 0 Å². The van der Waals surface area contributed by atoms with Crippen molar-refractivity contribution in [1.29, 1.82) is 0 Å². The Morgan fingerprint density at radius 3 is 2.18 bits per heavy atom. The Labute approximate surface area is 176 Å². The van der Waals surface area contributed by atoms with Gasteiger partial charge in [-0.05, 0) is 63.8 Å². The Hall–Kier alpha value is -1.39. The molecule has 0 N–H and O–H groups in total. The van der Waals surface area contributed by atoms with Crippen molar-refractivity contribution in [2.45, 2.75) is 84.1 Å². The highest BCUT2D eigenvalue weighted by atomic mass is 32.2. The van der Waals surface area contributed by atoms with Gasteiger partial charge in [-0.1, -0.05) is 42.4 Å².